The van der Waals surface area contributed by atoms with Gasteiger partial charge >= 0.3 is 5.63 Å². The maximum atomic E-state index is 11.0. The smallest absolute Gasteiger partial charge is 0.336 e. The fourth-order valence-electron chi connectivity index (χ4n) is 1.47. The summed E-state index contributed by atoms with van der Waals surface area (Å²) in [5.74, 6) is 0.828. The van der Waals surface area contributed by atoms with E-state index >= 15 is 0 Å². The highest BCUT2D eigenvalue weighted by Crippen LogP contribution is 2.20. The van der Waals surface area contributed by atoms with Gasteiger partial charge in [0.2, 0.25) is 0 Å². The van der Waals surface area contributed by atoms with Gasteiger partial charge in [-0.2, -0.15) is 0 Å². The van der Waals surface area contributed by atoms with Crippen LogP contribution in [0.1, 0.15) is 6.92 Å². The molecular weight excluding hydrogens is 204 g/mol. The maximum Gasteiger partial charge on any atom is 0.336 e. The van der Waals surface area contributed by atoms with Gasteiger partial charge in [0, 0.05) is 6.07 Å². The summed E-state index contributed by atoms with van der Waals surface area (Å²) in [7, 11) is 0. The Kier molecular flexibility index (Phi) is 3.05. The molecule has 3 heteroatoms. The van der Waals surface area contributed by atoms with Gasteiger partial charge < -0.3 is 9.15 Å². The van der Waals surface area contributed by atoms with Crippen molar-refractivity contribution in [2.75, 3.05) is 6.61 Å². The summed E-state index contributed by atoms with van der Waals surface area (Å²) in [6.45, 7) is 2.59. The second-order valence-electron chi connectivity index (χ2n) is 3.30. The largest absolute Gasteiger partial charge is 0.494 e. The van der Waals surface area contributed by atoms with Gasteiger partial charge in [-0.15, -0.1) is 0 Å². The molecule has 0 aliphatic heterocycles. The van der Waals surface area contributed by atoms with Crippen molar-refractivity contribution >= 4 is 0 Å². The number of hydrogen-bond donors (Lipinski definition) is 0. The van der Waals surface area contributed by atoms with Crippen LogP contribution in [0.25, 0.3) is 11.1 Å². The third-order valence-corrected chi connectivity index (χ3v) is 2.20. The van der Waals surface area contributed by atoms with Crippen LogP contribution in [-0.4, -0.2) is 6.61 Å². The van der Waals surface area contributed by atoms with Gasteiger partial charge in [-0.05, 0) is 36.2 Å². The van der Waals surface area contributed by atoms with Crippen molar-refractivity contribution in [2.24, 2.45) is 0 Å². The Hall–Kier alpha value is -2.03. The number of benzene rings is 1. The predicted molar refractivity (Wildman–Crippen MR) is 61.6 cm³/mol. The van der Waals surface area contributed by atoms with Crippen LogP contribution in [0.2, 0.25) is 0 Å². The van der Waals surface area contributed by atoms with Gasteiger partial charge in [0.15, 0.2) is 0 Å². The van der Waals surface area contributed by atoms with E-state index in [1.165, 1.54) is 12.3 Å². The molecule has 0 aliphatic rings. The molecule has 16 heavy (non-hydrogen) atoms. The average Bonchev–Trinajstić information content (AvgIpc) is 2.30. The molecule has 0 atom stereocenters. The first-order valence-corrected chi connectivity index (χ1v) is 5.11. The zero-order valence-corrected chi connectivity index (χ0v) is 8.97. The molecule has 1 aromatic heterocycles. The molecular formula is C13H12O3. The molecule has 0 radical (unpaired) electrons. The summed E-state index contributed by atoms with van der Waals surface area (Å²) in [6.07, 6.45) is 1.40. The molecule has 0 saturated carbocycles. The number of rotatable bonds is 3. The Balaban J connectivity index is 2.31. The molecule has 0 amide bonds. The quantitative estimate of drug-likeness (QED) is 0.791. The van der Waals surface area contributed by atoms with Crippen molar-refractivity contribution in [1.29, 1.82) is 0 Å². The van der Waals surface area contributed by atoms with E-state index in [1.807, 2.05) is 31.2 Å². The Bertz CT molecular complexity index is 511. The van der Waals surface area contributed by atoms with E-state index in [0.29, 0.717) is 6.61 Å². The Morgan fingerprint density at radius 1 is 1.12 bits per heavy atom. The standard InChI is InChI=1S/C13H12O3/c1-2-15-12-5-3-10(4-6-12)11-7-8-16-13(14)9-11/h3-9H,2H2,1H3. The van der Waals surface area contributed by atoms with Crippen LogP contribution in [0, 0.1) is 0 Å². The minimum Gasteiger partial charge on any atom is -0.494 e. The topological polar surface area (TPSA) is 39.4 Å². The average molecular weight is 216 g/mol. The summed E-state index contributed by atoms with van der Waals surface area (Å²) in [4.78, 5) is 11.0. The van der Waals surface area contributed by atoms with Crippen LogP contribution in [0.5, 0.6) is 5.75 Å². The minimum atomic E-state index is -0.341. The number of ether oxygens (including phenoxy) is 1. The van der Waals surface area contributed by atoms with Crippen molar-refractivity contribution in [3.05, 3.63) is 53.1 Å². The first kappa shape index (κ1) is 10.5. The zero-order valence-electron chi connectivity index (χ0n) is 8.97. The van der Waals surface area contributed by atoms with Gasteiger partial charge in [0.25, 0.3) is 0 Å². The molecule has 0 spiro atoms. The minimum absolute atomic E-state index is 0.341. The molecule has 3 nitrogen and oxygen atoms in total. The van der Waals surface area contributed by atoms with E-state index in [0.717, 1.165) is 16.9 Å². The third-order valence-electron chi connectivity index (χ3n) is 2.20. The molecule has 0 aliphatic carbocycles. The van der Waals surface area contributed by atoms with Crippen molar-refractivity contribution in [3.63, 3.8) is 0 Å². The fraction of sp³-hybridized carbons (Fsp3) is 0.154. The zero-order chi connectivity index (χ0) is 11.4. The molecule has 0 unspecified atom stereocenters. The van der Waals surface area contributed by atoms with Crippen molar-refractivity contribution < 1.29 is 9.15 Å². The summed E-state index contributed by atoms with van der Waals surface area (Å²) in [6, 6.07) is 10.8. The molecule has 82 valence electrons. The van der Waals surface area contributed by atoms with Gasteiger partial charge in [0.05, 0.1) is 12.9 Å². The maximum absolute atomic E-state index is 11.0. The first-order valence-electron chi connectivity index (χ1n) is 5.11. The van der Waals surface area contributed by atoms with Crippen LogP contribution in [0.4, 0.5) is 0 Å². The van der Waals surface area contributed by atoms with E-state index in [2.05, 4.69) is 4.42 Å². The van der Waals surface area contributed by atoms with Crippen LogP contribution in [0.3, 0.4) is 0 Å². The van der Waals surface area contributed by atoms with Gasteiger partial charge in [-0.3, -0.25) is 0 Å². The molecule has 0 N–H and O–H groups in total. The van der Waals surface area contributed by atoms with Gasteiger partial charge in [0.1, 0.15) is 5.75 Å². The predicted octanol–water partition coefficient (Wildman–Crippen LogP) is 2.71. The van der Waals surface area contributed by atoms with E-state index in [1.54, 1.807) is 6.07 Å². The summed E-state index contributed by atoms with van der Waals surface area (Å²) >= 11 is 0. The molecule has 2 aromatic rings. The van der Waals surface area contributed by atoms with E-state index in [-0.39, 0.29) is 5.63 Å². The number of hydrogen-bond acceptors (Lipinski definition) is 3. The van der Waals surface area contributed by atoms with Crippen molar-refractivity contribution in [2.45, 2.75) is 6.92 Å². The Morgan fingerprint density at radius 3 is 2.50 bits per heavy atom. The lowest BCUT2D eigenvalue weighted by Crippen LogP contribution is -1.95. The molecule has 1 aromatic carbocycles. The molecule has 1 heterocycles. The highest BCUT2D eigenvalue weighted by Gasteiger charge is 1.99. The van der Waals surface area contributed by atoms with E-state index < -0.39 is 0 Å². The Morgan fingerprint density at radius 2 is 1.88 bits per heavy atom. The molecule has 2 rings (SSSR count). The third kappa shape index (κ3) is 2.31. The van der Waals surface area contributed by atoms with Gasteiger partial charge in [-0.1, -0.05) is 12.1 Å². The molecule has 0 fully saturated rings. The van der Waals surface area contributed by atoms with Crippen LogP contribution >= 0.6 is 0 Å². The summed E-state index contributed by atoms with van der Waals surface area (Å²) in [5, 5.41) is 0. The lowest BCUT2D eigenvalue weighted by atomic mass is 10.1. The lowest BCUT2D eigenvalue weighted by molar-refractivity contribution is 0.340. The van der Waals surface area contributed by atoms with E-state index in [9.17, 15) is 4.79 Å². The second-order valence-corrected chi connectivity index (χ2v) is 3.30. The van der Waals surface area contributed by atoms with Crippen LogP contribution < -0.4 is 10.4 Å². The summed E-state index contributed by atoms with van der Waals surface area (Å²) < 4.78 is 10.0. The Labute approximate surface area is 93.3 Å². The fourth-order valence-corrected chi connectivity index (χ4v) is 1.47. The van der Waals surface area contributed by atoms with Gasteiger partial charge in [-0.25, -0.2) is 4.79 Å². The van der Waals surface area contributed by atoms with Crippen LogP contribution in [-0.2, 0) is 0 Å². The van der Waals surface area contributed by atoms with Crippen molar-refractivity contribution in [1.82, 2.24) is 0 Å². The normalized spacial score (nSPS) is 10.1. The van der Waals surface area contributed by atoms with Crippen LogP contribution in [0.15, 0.2) is 51.9 Å². The molecule has 0 saturated heterocycles. The first-order chi connectivity index (χ1) is 7.79. The molecule has 0 bridgehead atoms. The second kappa shape index (κ2) is 4.66. The lowest BCUT2D eigenvalue weighted by Gasteiger charge is -2.04. The highest BCUT2D eigenvalue weighted by molar-refractivity contribution is 5.63. The SMILES string of the molecule is CCOc1ccc(-c2ccoc(=O)c2)cc1. The van der Waals surface area contributed by atoms with E-state index in [4.69, 9.17) is 4.74 Å². The summed E-state index contributed by atoms with van der Waals surface area (Å²) in [5.41, 5.74) is 1.47. The van der Waals surface area contributed by atoms with Crippen molar-refractivity contribution in [3.8, 4) is 16.9 Å². The monoisotopic (exact) mass is 216 g/mol. The highest BCUT2D eigenvalue weighted by atomic mass is 16.5.